The van der Waals surface area contributed by atoms with E-state index in [1.54, 1.807) is 19.1 Å². The van der Waals surface area contributed by atoms with Crippen molar-refractivity contribution in [3.05, 3.63) is 34.3 Å². The minimum Gasteiger partial charge on any atom is -0.392 e. The van der Waals surface area contributed by atoms with Gasteiger partial charge in [0, 0.05) is 18.1 Å². The van der Waals surface area contributed by atoms with Crippen molar-refractivity contribution in [1.82, 2.24) is 4.90 Å². The Kier molecular flexibility index (Phi) is 4.75. The van der Waals surface area contributed by atoms with Crippen LogP contribution in [0.25, 0.3) is 0 Å². The van der Waals surface area contributed by atoms with Gasteiger partial charge in [-0.2, -0.15) is 5.26 Å². The molecule has 0 aliphatic heterocycles. The van der Waals surface area contributed by atoms with Crippen LogP contribution < -0.4 is 0 Å². The Balaban J connectivity index is 2.71. The van der Waals surface area contributed by atoms with Crippen molar-refractivity contribution in [3.8, 4) is 6.07 Å². The number of aliphatic hydroxyl groups excluding tert-OH is 1. The first-order valence-electron chi connectivity index (χ1n) is 5.08. The molecule has 0 fully saturated rings. The molecule has 3 nitrogen and oxygen atoms in total. The Bertz CT molecular complexity index is 398. The normalized spacial score (nSPS) is 12.5. The van der Waals surface area contributed by atoms with Crippen molar-refractivity contribution in [2.45, 2.75) is 19.6 Å². The van der Waals surface area contributed by atoms with Crippen molar-refractivity contribution in [1.29, 1.82) is 5.26 Å². The highest BCUT2D eigenvalue weighted by atomic mass is 35.5. The molecule has 4 heteroatoms. The molecule has 1 atom stereocenters. The summed E-state index contributed by atoms with van der Waals surface area (Å²) in [6.45, 7) is 3.00. The van der Waals surface area contributed by atoms with Crippen molar-refractivity contribution >= 4 is 11.6 Å². The Morgan fingerprint density at radius 2 is 2.25 bits per heavy atom. The fourth-order valence-corrected chi connectivity index (χ4v) is 1.79. The Hall–Kier alpha value is -1.08. The first-order chi connectivity index (χ1) is 7.52. The Morgan fingerprint density at radius 1 is 1.56 bits per heavy atom. The van der Waals surface area contributed by atoms with E-state index in [4.69, 9.17) is 16.9 Å². The van der Waals surface area contributed by atoms with Gasteiger partial charge in [0.05, 0.1) is 17.7 Å². The third-order valence-corrected chi connectivity index (χ3v) is 2.55. The van der Waals surface area contributed by atoms with E-state index in [-0.39, 0.29) is 6.10 Å². The molecule has 86 valence electrons. The van der Waals surface area contributed by atoms with Gasteiger partial charge in [0.25, 0.3) is 0 Å². The molecule has 0 radical (unpaired) electrons. The first kappa shape index (κ1) is 13.0. The van der Waals surface area contributed by atoms with Crippen molar-refractivity contribution < 1.29 is 5.11 Å². The predicted molar refractivity (Wildman–Crippen MR) is 64.2 cm³/mol. The topological polar surface area (TPSA) is 47.3 Å². The number of aliphatic hydroxyl groups is 1. The van der Waals surface area contributed by atoms with Crippen LogP contribution in [0.4, 0.5) is 0 Å². The van der Waals surface area contributed by atoms with E-state index < -0.39 is 0 Å². The van der Waals surface area contributed by atoms with Gasteiger partial charge in [0.1, 0.15) is 0 Å². The van der Waals surface area contributed by atoms with Gasteiger partial charge >= 0.3 is 0 Å². The van der Waals surface area contributed by atoms with Gasteiger partial charge in [-0.25, -0.2) is 0 Å². The van der Waals surface area contributed by atoms with Gasteiger partial charge < -0.3 is 5.11 Å². The van der Waals surface area contributed by atoms with E-state index in [1.165, 1.54) is 0 Å². The van der Waals surface area contributed by atoms with Gasteiger partial charge in [-0.1, -0.05) is 17.7 Å². The molecular formula is C12H15ClN2O. The van der Waals surface area contributed by atoms with Crippen LogP contribution in [0.15, 0.2) is 18.2 Å². The maximum Gasteiger partial charge on any atom is 0.0992 e. The molecule has 0 aliphatic carbocycles. The highest BCUT2D eigenvalue weighted by Crippen LogP contribution is 2.18. The van der Waals surface area contributed by atoms with E-state index in [2.05, 4.69) is 0 Å². The van der Waals surface area contributed by atoms with Crippen LogP contribution >= 0.6 is 11.6 Å². The molecule has 1 unspecified atom stereocenters. The summed E-state index contributed by atoms with van der Waals surface area (Å²) in [6, 6.07) is 7.30. The molecule has 1 aromatic carbocycles. The summed E-state index contributed by atoms with van der Waals surface area (Å²) in [4.78, 5) is 1.98. The maximum atomic E-state index is 9.23. The number of hydrogen-bond acceptors (Lipinski definition) is 3. The number of nitriles is 1. The lowest BCUT2D eigenvalue weighted by molar-refractivity contribution is 0.138. The number of halogens is 1. The molecule has 0 amide bonds. The summed E-state index contributed by atoms with van der Waals surface area (Å²) in [7, 11) is 1.92. The summed E-state index contributed by atoms with van der Waals surface area (Å²) in [6.07, 6.45) is -0.359. The van der Waals surface area contributed by atoms with Crippen LogP contribution in [0.3, 0.4) is 0 Å². The van der Waals surface area contributed by atoms with E-state index in [0.29, 0.717) is 23.7 Å². The lowest BCUT2D eigenvalue weighted by atomic mass is 10.1. The zero-order chi connectivity index (χ0) is 12.1. The molecule has 0 heterocycles. The van der Waals surface area contributed by atoms with Gasteiger partial charge in [-0.3, -0.25) is 4.90 Å². The third kappa shape index (κ3) is 3.82. The van der Waals surface area contributed by atoms with E-state index in [9.17, 15) is 5.11 Å². The summed E-state index contributed by atoms with van der Waals surface area (Å²) in [5, 5.41) is 18.5. The number of hydrogen-bond donors (Lipinski definition) is 1. The quantitative estimate of drug-likeness (QED) is 0.873. The van der Waals surface area contributed by atoms with Crippen LogP contribution in [0, 0.1) is 11.3 Å². The molecule has 0 aliphatic rings. The number of likely N-dealkylation sites (N-methyl/N-ethyl adjacent to an activating group) is 1. The molecule has 0 saturated heterocycles. The lowest BCUT2D eigenvalue weighted by Crippen LogP contribution is -2.26. The molecule has 0 saturated carbocycles. The van der Waals surface area contributed by atoms with E-state index in [0.717, 1.165) is 5.56 Å². The fraction of sp³-hybridized carbons (Fsp3) is 0.417. The van der Waals surface area contributed by atoms with Gasteiger partial charge in [0.15, 0.2) is 0 Å². The van der Waals surface area contributed by atoms with Crippen LogP contribution in [-0.2, 0) is 6.54 Å². The molecule has 1 rings (SSSR count). The summed E-state index contributed by atoms with van der Waals surface area (Å²) >= 11 is 6.05. The van der Waals surface area contributed by atoms with E-state index >= 15 is 0 Å². The monoisotopic (exact) mass is 238 g/mol. The molecular weight excluding hydrogens is 224 g/mol. The second kappa shape index (κ2) is 5.86. The Labute approximate surface area is 101 Å². The maximum absolute atomic E-state index is 9.23. The second-order valence-electron chi connectivity index (χ2n) is 3.96. The molecule has 0 aromatic heterocycles. The standard InChI is InChI=1S/C12H15ClN2O/c1-9(16)7-15(2)8-11-4-3-10(6-14)5-12(11)13/h3-5,9,16H,7-8H2,1-2H3. The second-order valence-corrected chi connectivity index (χ2v) is 4.37. The lowest BCUT2D eigenvalue weighted by Gasteiger charge is -2.18. The van der Waals surface area contributed by atoms with Crippen molar-refractivity contribution in [3.63, 3.8) is 0 Å². The van der Waals surface area contributed by atoms with Gasteiger partial charge in [0.2, 0.25) is 0 Å². The number of rotatable bonds is 4. The van der Waals surface area contributed by atoms with Crippen LogP contribution in [0.2, 0.25) is 5.02 Å². The number of nitrogens with zero attached hydrogens (tertiary/aromatic N) is 2. The third-order valence-electron chi connectivity index (χ3n) is 2.20. The molecule has 0 bridgehead atoms. The zero-order valence-corrected chi connectivity index (χ0v) is 10.2. The number of benzene rings is 1. The fourth-order valence-electron chi connectivity index (χ4n) is 1.55. The van der Waals surface area contributed by atoms with Gasteiger partial charge in [-0.05, 0) is 31.7 Å². The summed E-state index contributed by atoms with van der Waals surface area (Å²) in [5.41, 5.74) is 1.52. The minimum absolute atomic E-state index is 0.359. The van der Waals surface area contributed by atoms with Gasteiger partial charge in [-0.15, -0.1) is 0 Å². The average Bonchev–Trinajstić information content (AvgIpc) is 2.19. The van der Waals surface area contributed by atoms with Crippen LogP contribution in [0.1, 0.15) is 18.1 Å². The minimum atomic E-state index is -0.359. The van der Waals surface area contributed by atoms with E-state index in [1.807, 2.05) is 24.1 Å². The predicted octanol–water partition coefficient (Wildman–Crippen LogP) is 2.02. The Morgan fingerprint density at radius 3 is 2.75 bits per heavy atom. The van der Waals surface area contributed by atoms with Crippen LogP contribution in [-0.4, -0.2) is 29.7 Å². The van der Waals surface area contributed by atoms with Crippen LogP contribution in [0.5, 0.6) is 0 Å². The molecule has 0 spiro atoms. The summed E-state index contributed by atoms with van der Waals surface area (Å²) < 4.78 is 0. The molecule has 16 heavy (non-hydrogen) atoms. The molecule has 1 N–H and O–H groups in total. The first-order valence-corrected chi connectivity index (χ1v) is 5.46. The summed E-state index contributed by atoms with van der Waals surface area (Å²) in [5.74, 6) is 0. The highest BCUT2D eigenvalue weighted by molar-refractivity contribution is 6.31. The largest absolute Gasteiger partial charge is 0.392 e. The van der Waals surface area contributed by atoms with Crippen molar-refractivity contribution in [2.24, 2.45) is 0 Å². The van der Waals surface area contributed by atoms with Crippen molar-refractivity contribution in [2.75, 3.05) is 13.6 Å². The molecule has 1 aromatic rings. The SMILES string of the molecule is CC(O)CN(C)Cc1ccc(C#N)cc1Cl. The smallest absolute Gasteiger partial charge is 0.0992 e. The average molecular weight is 239 g/mol. The zero-order valence-electron chi connectivity index (χ0n) is 9.44. The highest BCUT2D eigenvalue weighted by Gasteiger charge is 2.07.